The van der Waals surface area contributed by atoms with Gasteiger partial charge in [0.25, 0.3) is 0 Å². The zero-order chi connectivity index (χ0) is 13.0. The van der Waals surface area contributed by atoms with E-state index < -0.39 is 0 Å². The van der Waals surface area contributed by atoms with Crippen molar-refractivity contribution in [1.82, 2.24) is 20.0 Å². The highest BCUT2D eigenvalue weighted by Gasteiger charge is 2.26. The molecule has 1 amide bonds. The highest BCUT2D eigenvalue weighted by Crippen LogP contribution is 2.10. The number of likely N-dealkylation sites (N-methyl/N-ethyl adjacent to an activating group) is 1. The van der Waals surface area contributed by atoms with E-state index in [4.69, 9.17) is 4.74 Å². The molecular formula is C12H20N4O2. The molecule has 1 aromatic rings. The molecule has 100 valence electrons. The van der Waals surface area contributed by atoms with Gasteiger partial charge < -0.3 is 10.1 Å². The lowest BCUT2D eigenvalue weighted by atomic mass is 10.2. The van der Waals surface area contributed by atoms with Crippen LogP contribution in [0.15, 0.2) is 12.3 Å². The molecule has 2 rings (SSSR count). The van der Waals surface area contributed by atoms with E-state index in [0.717, 1.165) is 19.6 Å². The van der Waals surface area contributed by atoms with E-state index in [9.17, 15) is 4.79 Å². The summed E-state index contributed by atoms with van der Waals surface area (Å²) in [5, 5.41) is 6.88. The fraction of sp³-hybridized carbons (Fsp3) is 0.667. The Balaban J connectivity index is 1.95. The number of hydrogen-bond acceptors (Lipinski definition) is 4. The fourth-order valence-corrected chi connectivity index (χ4v) is 2.17. The van der Waals surface area contributed by atoms with Crippen molar-refractivity contribution in [1.29, 1.82) is 0 Å². The van der Waals surface area contributed by atoms with Gasteiger partial charge >= 0.3 is 0 Å². The summed E-state index contributed by atoms with van der Waals surface area (Å²) in [6.07, 6.45) is 1.46. The Hall–Kier alpha value is -1.40. The van der Waals surface area contributed by atoms with Gasteiger partial charge in [-0.3, -0.25) is 14.4 Å². The Bertz CT molecular complexity index is 405. The van der Waals surface area contributed by atoms with Gasteiger partial charge in [0.15, 0.2) is 0 Å². The standard InChI is InChI=1S/C12H20N4O2/c1-3-16-10(4-5-14-16)8-15-6-7-18-11(9-15)12(17)13-2/h4-5,11H,3,6-9H2,1-2H3,(H,13,17)/t11-/m0/s1. The third-order valence-corrected chi connectivity index (χ3v) is 3.18. The number of aryl methyl sites for hydroxylation is 1. The molecule has 0 bridgehead atoms. The second-order valence-corrected chi connectivity index (χ2v) is 4.35. The molecule has 1 fully saturated rings. The van der Waals surface area contributed by atoms with Crippen molar-refractivity contribution in [2.45, 2.75) is 26.1 Å². The first-order chi connectivity index (χ1) is 8.74. The van der Waals surface area contributed by atoms with Crippen LogP contribution in [0.5, 0.6) is 0 Å². The first kappa shape index (κ1) is 13.0. The van der Waals surface area contributed by atoms with Crippen LogP contribution in [0.1, 0.15) is 12.6 Å². The van der Waals surface area contributed by atoms with E-state index in [1.54, 1.807) is 7.05 Å². The Morgan fingerprint density at radius 2 is 2.50 bits per heavy atom. The van der Waals surface area contributed by atoms with Gasteiger partial charge in [0.1, 0.15) is 6.10 Å². The van der Waals surface area contributed by atoms with Crippen molar-refractivity contribution >= 4 is 5.91 Å². The van der Waals surface area contributed by atoms with E-state index in [0.29, 0.717) is 13.2 Å². The molecule has 0 aliphatic carbocycles. The maximum absolute atomic E-state index is 11.6. The molecule has 0 aromatic carbocycles. The van der Waals surface area contributed by atoms with Crippen LogP contribution in [-0.4, -0.2) is 53.4 Å². The number of hydrogen-bond donors (Lipinski definition) is 1. The highest BCUT2D eigenvalue weighted by molar-refractivity contribution is 5.80. The van der Waals surface area contributed by atoms with Crippen molar-refractivity contribution in [3.05, 3.63) is 18.0 Å². The SMILES string of the molecule is CCn1nccc1CN1CCO[C@H](C(=O)NC)C1. The highest BCUT2D eigenvalue weighted by atomic mass is 16.5. The minimum atomic E-state index is -0.359. The van der Waals surface area contributed by atoms with Gasteiger partial charge in [0, 0.05) is 39.4 Å². The minimum Gasteiger partial charge on any atom is -0.366 e. The van der Waals surface area contributed by atoms with Crippen LogP contribution in [0, 0.1) is 0 Å². The lowest BCUT2D eigenvalue weighted by Gasteiger charge is -2.31. The first-order valence-corrected chi connectivity index (χ1v) is 6.30. The third kappa shape index (κ3) is 2.88. The van der Waals surface area contributed by atoms with E-state index >= 15 is 0 Å². The molecule has 0 saturated carbocycles. The number of nitrogens with one attached hydrogen (secondary N) is 1. The molecule has 1 aliphatic rings. The van der Waals surface area contributed by atoms with E-state index in [1.165, 1.54) is 5.69 Å². The fourth-order valence-electron chi connectivity index (χ4n) is 2.17. The zero-order valence-corrected chi connectivity index (χ0v) is 10.9. The zero-order valence-electron chi connectivity index (χ0n) is 10.9. The molecule has 1 aliphatic heterocycles. The van der Waals surface area contributed by atoms with Crippen LogP contribution < -0.4 is 5.32 Å². The first-order valence-electron chi connectivity index (χ1n) is 6.30. The van der Waals surface area contributed by atoms with Gasteiger partial charge in [-0.2, -0.15) is 5.10 Å². The third-order valence-electron chi connectivity index (χ3n) is 3.18. The van der Waals surface area contributed by atoms with Crippen molar-refractivity contribution < 1.29 is 9.53 Å². The summed E-state index contributed by atoms with van der Waals surface area (Å²) in [6, 6.07) is 2.02. The number of ether oxygens (including phenoxy) is 1. The van der Waals surface area contributed by atoms with Crippen molar-refractivity contribution in [2.75, 3.05) is 26.7 Å². The van der Waals surface area contributed by atoms with E-state index in [-0.39, 0.29) is 12.0 Å². The Morgan fingerprint density at radius 1 is 1.67 bits per heavy atom. The number of morpholine rings is 1. The summed E-state index contributed by atoms with van der Waals surface area (Å²) >= 11 is 0. The van der Waals surface area contributed by atoms with Crippen LogP contribution in [0.25, 0.3) is 0 Å². The predicted octanol–water partition coefficient (Wildman–Crippen LogP) is -0.150. The molecule has 6 heteroatoms. The van der Waals surface area contributed by atoms with E-state index in [2.05, 4.69) is 22.2 Å². The Morgan fingerprint density at radius 3 is 3.22 bits per heavy atom. The lowest BCUT2D eigenvalue weighted by molar-refractivity contribution is -0.138. The molecule has 18 heavy (non-hydrogen) atoms. The summed E-state index contributed by atoms with van der Waals surface area (Å²) in [7, 11) is 1.64. The van der Waals surface area contributed by atoms with Gasteiger partial charge in [0.05, 0.1) is 12.3 Å². The second-order valence-electron chi connectivity index (χ2n) is 4.35. The summed E-state index contributed by atoms with van der Waals surface area (Å²) in [4.78, 5) is 13.8. The van der Waals surface area contributed by atoms with Gasteiger partial charge in [-0.15, -0.1) is 0 Å². The van der Waals surface area contributed by atoms with Crippen molar-refractivity contribution in [3.63, 3.8) is 0 Å². The number of nitrogens with zero attached hydrogens (tertiary/aromatic N) is 3. The van der Waals surface area contributed by atoms with Gasteiger partial charge in [0.2, 0.25) is 5.91 Å². The number of amides is 1. The van der Waals surface area contributed by atoms with Crippen LogP contribution in [0.2, 0.25) is 0 Å². The van der Waals surface area contributed by atoms with Gasteiger partial charge in [-0.1, -0.05) is 0 Å². The molecule has 2 heterocycles. The average molecular weight is 252 g/mol. The molecule has 1 N–H and O–H groups in total. The molecule has 0 unspecified atom stereocenters. The molecule has 0 radical (unpaired) electrons. The smallest absolute Gasteiger partial charge is 0.250 e. The van der Waals surface area contributed by atoms with Crippen LogP contribution in [0.3, 0.4) is 0 Å². The monoisotopic (exact) mass is 252 g/mol. The number of carbonyl (C=O) groups excluding carboxylic acids is 1. The summed E-state index contributed by atoms with van der Waals surface area (Å²) in [5.41, 5.74) is 1.18. The van der Waals surface area contributed by atoms with E-state index in [1.807, 2.05) is 16.9 Å². The minimum absolute atomic E-state index is 0.0521. The summed E-state index contributed by atoms with van der Waals surface area (Å²) < 4.78 is 7.44. The molecule has 1 saturated heterocycles. The molecule has 0 spiro atoms. The summed E-state index contributed by atoms with van der Waals surface area (Å²) in [5.74, 6) is -0.0521. The Kier molecular flexibility index (Phi) is 4.33. The number of carbonyl (C=O) groups is 1. The van der Waals surface area contributed by atoms with Crippen LogP contribution in [0.4, 0.5) is 0 Å². The average Bonchev–Trinajstić information content (AvgIpc) is 2.85. The maximum Gasteiger partial charge on any atom is 0.250 e. The lowest BCUT2D eigenvalue weighted by Crippen LogP contribution is -2.48. The molecule has 6 nitrogen and oxygen atoms in total. The second kappa shape index (κ2) is 5.97. The van der Waals surface area contributed by atoms with Crippen molar-refractivity contribution in [2.24, 2.45) is 0 Å². The number of aromatic nitrogens is 2. The van der Waals surface area contributed by atoms with Gasteiger partial charge in [-0.25, -0.2) is 0 Å². The Labute approximate surface area is 107 Å². The molecular weight excluding hydrogens is 232 g/mol. The molecule has 1 aromatic heterocycles. The normalized spacial score (nSPS) is 20.9. The van der Waals surface area contributed by atoms with Gasteiger partial charge in [-0.05, 0) is 13.0 Å². The van der Waals surface area contributed by atoms with Crippen molar-refractivity contribution in [3.8, 4) is 0 Å². The predicted molar refractivity (Wildman–Crippen MR) is 67.0 cm³/mol. The van der Waals surface area contributed by atoms with Crippen LogP contribution in [-0.2, 0) is 22.6 Å². The summed E-state index contributed by atoms with van der Waals surface area (Å²) in [6.45, 7) is 5.83. The van der Waals surface area contributed by atoms with Crippen LogP contribution >= 0.6 is 0 Å². The topological polar surface area (TPSA) is 59.4 Å². The largest absolute Gasteiger partial charge is 0.366 e. The molecule has 1 atom stereocenters. The quantitative estimate of drug-likeness (QED) is 0.809. The number of rotatable bonds is 4. The maximum atomic E-state index is 11.6.